The van der Waals surface area contributed by atoms with Gasteiger partial charge in [0.15, 0.2) is 0 Å². The van der Waals surface area contributed by atoms with Crippen LogP contribution < -0.4 is 0 Å². The van der Waals surface area contributed by atoms with Crippen molar-refractivity contribution in [1.82, 2.24) is 4.90 Å². The predicted molar refractivity (Wildman–Crippen MR) is 53.4 cm³/mol. The lowest BCUT2D eigenvalue weighted by Crippen LogP contribution is -2.35. The first kappa shape index (κ1) is 10.8. The van der Waals surface area contributed by atoms with Crippen molar-refractivity contribution in [3.05, 3.63) is 0 Å². The Bertz CT molecular complexity index is 290. The second-order valence-electron chi connectivity index (χ2n) is 3.83. The van der Waals surface area contributed by atoms with E-state index in [9.17, 15) is 9.59 Å². The monoisotopic (exact) mass is 193 g/mol. The molecule has 0 aromatic heterocycles. The molecule has 1 amide bonds. The highest BCUT2D eigenvalue weighted by molar-refractivity contribution is 6.03. The summed E-state index contributed by atoms with van der Waals surface area (Å²) in [6.07, 6.45) is 6.59. The van der Waals surface area contributed by atoms with E-state index in [0.717, 1.165) is 6.42 Å². The first-order valence-corrected chi connectivity index (χ1v) is 4.80. The Kier molecular flexibility index (Phi) is 3.29. The van der Waals surface area contributed by atoms with Gasteiger partial charge in [-0.3, -0.25) is 9.59 Å². The van der Waals surface area contributed by atoms with Gasteiger partial charge in [-0.2, -0.15) is 0 Å². The maximum absolute atomic E-state index is 11.7. The van der Waals surface area contributed by atoms with Crippen LogP contribution in [0.5, 0.6) is 0 Å². The molecule has 0 saturated heterocycles. The van der Waals surface area contributed by atoms with Gasteiger partial charge in [0.1, 0.15) is 5.78 Å². The third-order valence-corrected chi connectivity index (χ3v) is 2.72. The number of carbonyl (C=O) groups is 2. The Labute approximate surface area is 84.5 Å². The molecule has 3 heteroatoms. The molecule has 0 aromatic rings. The van der Waals surface area contributed by atoms with Crippen molar-refractivity contribution in [2.45, 2.75) is 19.8 Å². The highest BCUT2D eigenvalue weighted by Gasteiger charge is 2.37. The quantitative estimate of drug-likeness (QED) is 0.478. The molecule has 2 atom stereocenters. The van der Waals surface area contributed by atoms with Gasteiger partial charge in [-0.1, -0.05) is 12.8 Å². The molecule has 0 aliphatic heterocycles. The minimum Gasteiger partial charge on any atom is -0.334 e. The number of carbonyl (C=O) groups excluding carboxylic acids is 2. The molecule has 1 aliphatic carbocycles. The Balaban J connectivity index is 2.63. The first-order valence-electron chi connectivity index (χ1n) is 4.80. The summed E-state index contributed by atoms with van der Waals surface area (Å²) in [6, 6.07) is 0. The van der Waals surface area contributed by atoms with Gasteiger partial charge in [0.2, 0.25) is 5.91 Å². The van der Waals surface area contributed by atoms with Crippen LogP contribution in [0.4, 0.5) is 0 Å². The fourth-order valence-corrected chi connectivity index (χ4v) is 1.77. The molecule has 0 unspecified atom stereocenters. The normalized spacial score (nSPS) is 25.9. The Hall–Kier alpha value is -1.30. The summed E-state index contributed by atoms with van der Waals surface area (Å²) in [4.78, 5) is 24.7. The van der Waals surface area contributed by atoms with Crippen molar-refractivity contribution in [2.24, 2.45) is 11.8 Å². The summed E-state index contributed by atoms with van der Waals surface area (Å²) >= 11 is 0. The van der Waals surface area contributed by atoms with Crippen molar-refractivity contribution in [2.75, 3.05) is 13.6 Å². The molecule has 1 rings (SSSR count). The lowest BCUT2D eigenvalue weighted by molar-refractivity contribution is -0.139. The van der Waals surface area contributed by atoms with Gasteiger partial charge < -0.3 is 4.90 Å². The molecule has 0 bridgehead atoms. The molecular formula is C11H15NO2. The van der Waals surface area contributed by atoms with Crippen LogP contribution in [-0.4, -0.2) is 30.2 Å². The van der Waals surface area contributed by atoms with E-state index in [1.54, 1.807) is 7.05 Å². The molecule has 1 aliphatic rings. The predicted octanol–water partition coefficient (Wildman–Crippen LogP) is 0.693. The molecule has 0 aromatic carbocycles. The van der Waals surface area contributed by atoms with E-state index in [1.807, 2.05) is 6.92 Å². The number of Topliss-reactive ketones (excluding diaryl/α,β-unsaturated/α-hetero) is 1. The van der Waals surface area contributed by atoms with Crippen molar-refractivity contribution in [3.63, 3.8) is 0 Å². The van der Waals surface area contributed by atoms with Crippen LogP contribution in [0.2, 0.25) is 0 Å². The van der Waals surface area contributed by atoms with Crippen LogP contribution in [0.15, 0.2) is 0 Å². The molecule has 14 heavy (non-hydrogen) atoms. The van der Waals surface area contributed by atoms with Gasteiger partial charge in [-0.25, -0.2) is 0 Å². The number of nitrogens with zero attached hydrogens (tertiary/aromatic N) is 1. The van der Waals surface area contributed by atoms with Gasteiger partial charge in [0.25, 0.3) is 0 Å². The van der Waals surface area contributed by atoms with Gasteiger partial charge in [0, 0.05) is 13.0 Å². The van der Waals surface area contributed by atoms with Crippen LogP contribution in [0, 0.1) is 24.2 Å². The van der Waals surface area contributed by atoms with Gasteiger partial charge in [-0.15, -0.1) is 6.42 Å². The van der Waals surface area contributed by atoms with E-state index in [1.165, 1.54) is 4.90 Å². The van der Waals surface area contributed by atoms with E-state index in [0.29, 0.717) is 6.42 Å². The average Bonchev–Trinajstić information content (AvgIpc) is 2.47. The van der Waals surface area contributed by atoms with Crippen molar-refractivity contribution >= 4 is 11.7 Å². The molecule has 0 spiro atoms. The molecule has 0 radical (unpaired) electrons. The Morgan fingerprint density at radius 3 is 2.71 bits per heavy atom. The minimum atomic E-state index is -0.441. The number of ketones is 1. The molecule has 1 fully saturated rings. The molecule has 0 heterocycles. The molecular weight excluding hydrogens is 178 g/mol. The van der Waals surface area contributed by atoms with E-state index in [2.05, 4.69) is 5.92 Å². The van der Waals surface area contributed by atoms with Crippen LogP contribution in [0.1, 0.15) is 19.8 Å². The largest absolute Gasteiger partial charge is 0.334 e. The summed E-state index contributed by atoms with van der Waals surface area (Å²) in [7, 11) is 1.64. The van der Waals surface area contributed by atoms with Crippen LogP contribution in [0.3, 0.4) is 0 Å². The number of hydrogen-bond acceptors (Lipinski definition) is 2. The van der Waals surface area contributed by atoms with Crippen LogP contribution in [0.25, 0.3) is 0 Å². The number of terminal acetylenes is 1. The van der Waals surface area contributed by atoms with Gasteiger partial charge >= 0.3 is 0 Å². The highest BCUT2D eigenvalue weighted by atomic mass is 16.2. The number of hydrogen-bond donors (Lipinski definition) is 0. The zero-order chi connectivity index (χ0) is 10.7. The van der Waals surface area contributed by atoms with E-state index < -0.39 is 5.92 Å². The molecule has 76 valence electrons. The number of amides is 1. The van der Waals surface area contributed by atoms with Gasteiger partial charge in [0.05, 0.1) is 12.5 Å². The summed E-state index contributed by atoms with van der Waals surface area (Å²) in [6.45, 7) is 2.15. The van der Waals surface area contributed by atoms with Gasteiger partial charge in [-0.05, 0) is 12.8 Å². The maximum atomic E-state index is 11.7. The molecule has 3 nitrogen and oxygen atoms in total. The SMILES string of the molecule is C#CCN(C)C(=O)[C@@H]1CC[C@H](C)C1=O. The van der Waals surface area contributed by atoms with E-state index in [-0.39, 0.29) is 24.2 Å². The standard InChI is InChI=1S/C11H15NO2/c1-4-7-12(3)11(14)9-6-5-8(2)10(9)13/h1,8-9H,5-7H2,2-3H3/t8-,9+/m0/s1. The lowest BCUT2D eigenvalue weighted by Gasteiger charge is -2.17. The summed E-state index contributed by atoms with van der Waals surface area (Å²) in [5.74, 6) is 1.92. The van der Waals surface area contributed by atoms with Crippen LogP contribution in [-0.2, 0) is 9.59 Å². The topological polar surface area (TPSA) is 37.4 Å². The lowest BCUT2D eigenvalue weighted by atomic mass is 10.0. The second kappa shape index (κ2) is 4.28. The third-order valence-electron chi connectivity index (χ3n) is 2.72. The second-order valence-corrected chi connectivity index (χ2v) is 3.83. The minimum absolute atomic E-state index is 0.0307. The Morgan fingerprint density at radius 1 is 1.64 bits per heavy atom. The summed E-state index contributed by atoms with van der Waals surface area (Å²) in [5, 5.41) is 0. The van der Waals surface area contributed by atoms with Crippen LogP contribution >= 0.6 is 0 Å². The number of rotatable bonds is 2. The fraction of sp³-hybridized carbons (Fsp3) is 0.636. The Morgan fingerprint density at radius 2 is 2.29 bits per heavy atom. The highest BCUT2D eigenvalue weighted by Crippen LogP contribution is 2.27. The average molecular weight is 193 g/mol. The summed E-state index contributed by atoms with van der Waals surface area (Å²) in [5.41, 5.74) is 0. The summed E-state index contributed by atoms with van der Waals surface area (Å²) < 4.78 is 0. The smallest absolute Gasteiger partial charge is 0.233 e. The van der Waals surface area contributed by atoms with Crippen molar-refractivity contribution in [1.29, 1.82) is 0 Å². The first-order chi connectivity index (χ1) is 6.57. The zero-order valence-electron chi connectivity index (χ0n) is 8.62. The van der Waals surface area contributed by atoms with Crippen molar-refractivity contribution in [3.8, 4) is 12.3 Å². The zero-order valence-corrected chi connectivity index (χ0v) is 8.62. The third kappa shape index (κ3) is 1.95. The van der Waals surface area contributed by atoms with E-state index >= 15 is 0 Å². The fourth-order valence-electron chi connectivity index (χ4n) is 1.77. The van der Waals surface area contributed by atoms with E-state index in [4.69, 9.17) is 6.42 Å². The maximum Gasteiger partial charge on any atom is 0.233 e. The van der Waals surface area contributed by atoms with Crippen molar-refractivity contribution < 1.29 is 9.59 Å². The molecule has 1 saturated carbocycles. The molecule has 0 N–H and O–H groups in total.